The van der Waals surface area contributed by atoms with Crippen molar-refractivity contribution in [1.29, 1.82) is 0 Å². The molecular formula is C28H32N4O7. The van der Waals surface area contributed by atoms with Crippen LogP contribution in [0.3, 0.4) is 0 Å². The van der Waals surface area contributed by atoms with Crippen LogP contribution in [-0.2, 0) is 9.53 Å². The fourth-order valence-electron chi connectivity index (χ4n) is 4.69. The van der Waals surface area contributed by atoms with Gasteiger partial charge < -0.3 is 14.2 Å². The van der Waals surface area contributed by atoms with Gasteiger partial charge >= 0.3 is 11.7 Å². The molecule has 4 rings (SSSR count). The van der Waals surface area contributed by atoms with Gasteiger partial charge in [0.1, 0.15) is 5.82 Å². The van der Waals surface area contributed by atoms with E-state index < -0.39 is 22.7 Å². The van der Waals surface area contributed by atoms with Crippen molar-refractivity contribution >= 4 is 28.8 Å². The molecule has 0 spiro atoms. The van der Waals surface area contributed by atoms with Gasteiger partial charge in [-0.3, -0.25) is 14.9 Å². The number of fused-ring (bicyclic) bond motifs is 1. The highest BCUT2D eigenvalue weighted by Gasteiger charge is 2.27. The zero-order valence-electron chi connectivity index (χ0n) is 22.3. The van der Waals surface area contributed by atoms with Gasteiger partial charge in [0, 0.05) is 17.5 Å². The van der Waals surface area contributed by atoms with Crippen LogP contribution in [0.4, 0.5) is 5.69 Å². The van der Waals surface area contributed by atoms with Crippen LogP contribution in [0.1, 0.15) is 70.2 Å². The number of rotatable bonds is 10. The molecule has 0 aliphatic heterocycles. The summed E-state index contributed by atoms with van der Waals surface area (Å²) in [5.41, 5.74) is 0.215. The molecule has 0 saturated heterocycles. The van der Waals surface area contributed by atoms with E-state index in [-0.39, 0.29) is 36.2 Å². The zero-order chi connectivity index (χ0) is 27.9. The van der Waals surface area contributed by atoms with Gasteiger partial charge in [-0.25, -0.2) is 9.78 Å². The number of hydrogen-bond acceptors (Lipinski definition) is 9. The summed E-state index contributed by atoms with van der Waals surface area (Å²) in [5, 5.41) is 16.9. The number of carbonyl (C=O) groups excluding carboxylic acids is 1. The molecule has 1 aliphatic rings. The van der Waals surface area contributed by atoms with E-state index in [1.54, 1.807) is 26.0 Å². The van der Waals surface area contributed by atoms with Crippen LogP contribution in [0.5, 0.6) is 11.5 Å². The minimum absolute atomic E-state index is 0.0702. The lowest BCUT2D eigenvalue weighted by Crippen LogP contribution is -2.26. The van der Waals surface area contributed by atoms with Crippen molar-refractivity contribution in [3.05, 3.63) is 68.3 Å². The number of nitrogens with zero attached hydrogens (tertiary/aromatic N) is 4. The van der Waals surface area contributed by atoms with Crippen molar-refractivity contribution in [1.82, 2.24) is 9.66 Å². The van der Waals surface area contributed by atoms with Gasteiger partial charge in [-0.2, -0.15) is 9.78 Å². The molecule has 3 aromatic rings. The van der Waals surface area contributed by atoms with Gasteiger partial charge in [-0.15, -0.1) is 0 Å². The minimum atomic E-state index is -1.09. The molecule has 11 heteroatoms. The van der Waals surface area contributed by atoms with E-state index in [9.17, 15) is 19.7 Å². The summed E-state index contributed by atoms with van der Waals surface area (Å²) >= 11 is 0. The van der Waals surface area contributed by atoms with E-state index >= 15 is 0 Å². The first-order chi connectivity index (χ1) is 18.8. The standard InChI is InChI=1S/C28H32N4O7/c1-4-37-24-16-19(15-23(32(35)36)25(24)39-18(3)28(34)38-5-2)17-29-31-26(20-11-7-6-8-12-20)30-22-14-10-9-13-21(22)27(31)33/h9-10,13-18,20H,4-8,11-12H2,1-3H3/t18-/m0/s1. The number of hydrogen-bond donors (Lipinski definition) is 0. The molecule has 39 heavy (non-hydrogen) atoms. The number of nitro groups is 1. The predicted molar refractivity (Wildman–Crippen MR) is 146 cm³/mol. The highest BCUT2D eigenvalue weighted by atomic mass is 16.6. The van der Waals surface area contributed by atoms with E-state index in [1.807, 2.05) is 12.1 Å². The summed E-state index contributed by atoms with van der Waals surface area (Å²) in [7, 11) is 0. The summed E-state index contributed by atoms with van der Waals surface area (Å²) in [6, 6.07) is 9.91. The lowest BCUT2D eigenvalue weighted by Gasteiger charge is -2.22. The summed E-state index contributed by atoms with van der Waals surface area (Å²) in [4.78, 5) is 41.7. The number of esters is 1. The lowest BCUT2D eigenvalue weighted by molar-refractivity contribution is -0.386. The molecule has 1 heterocycles. The van der Waals surface area contributed by atoms with Crippen molar-refractivity contribution in [3.63, 3.8) is 0 Å². The van der Waals surface area contributed by atoms with E-state index in [0.29, 0.717) is 22.3 Å². The van der Waals surface area contributed by atoms with Gasteiger partial charge in [0.25, 0.3) is 5.56 Å². The highest BCUT2D eigenvalue weighted by Crippen LogP contribution is 2.39. The van der Waals surface area contributed by atoms with Crippen LogP contribution < -0.4 is 15.0 Å². The van der Waals surface area contributed by atoms with Crippen LogP contribution in [0.2, 0.25) is 0 Å². The Bertz CT molecular complexity index is 1440. The molecule has 0 unspecified atom stereocenters. The topological polar surface area (TPSA) is 135 Å². The number of nitro benzene ring substituents is 1. The second-order valence-electron chi connectivity index (χ2n) is 9.25. The van der Waals surface area contributed by atoms with Crippen molar-refractivity contribution < 1.29 is 23.9 Å². The molecular weight excluding hydrogens is 504 g/mol. The minimum Gasteiger partial charge on any atom is -0.490 e. The Labute approximate surface area is 225 Å². The predicted octanol–water partition coefficient (Wildman–Crippen LogP) is 4.96. The maximum atomic E-state index is 13.5. The number of carbonyl (C=O) groups is 1. The van der Waals surface area contributed by atoms with Crippen molar-refractivity contribution in [2.45, 2.75) is 64.9 Å². The average Bonchev–Trinajstić information content (AvgIpc) is 2.94. The van der Waals surface area contributed by atoms with Gasteiger partial charge in [-0.1, -0.05) is 31.4 Å². The van der Waals surface area contributed by atoms with Crippen molar-refractivity contribution in [2.75, 3.05) is 13.2 Å². The van der Waals surface area contributed by atoms with Crippen molar-refractivity contribution in [2.24, 2.45) is 5.10 Å². The van der Waals surface area contributed by atoms with E-state index in [2.05, 4.69) is 5.10 Å². The van der Waals surface area contributed by atoms with Gasteiger partial charge in [0.15, 0.2) is 11.9 Å². The molecule has 1 aliphatic carbocycles. The summed E-state index contributed by atoms with van der Waals surface area (Å²) in [6.07, 6.45) is 5.33. The van der Waals surface area contributed by atoms with Gasteiger partial charge in [0.05, 0.1) is 35.3 Å². The number of para-hydroxylation sites is 1. The molecule has 1 fully saturated rings. The Morgan fingerprint density at radius 2 is 1.95 bits per heavy atom. The lowest BCUT2D eigenvalue weighted by atomic mass is 9.88. The summed E-state index contributed by atoms with van der Waals surface area (Å²) in [6.45, 7) is 5.17. The Balaban J connectivity index is 1.79. The maximum absolute atomic E-state index is 13.5. The second-order valence-corrected chi connectivity index (χ2v) is 9.25. The Hall–Kier alpha value is -4.28. The molecule has 0 radical (unpaired) electrons. The third-order valence-corrected chi connectivity index (χ3v) is 6.54. The van der Waals surface area contributed by atoms with E-state index in [1.165, 1.54) is 29.9 Å². The van der Waals surface area contributed by atoms with Crippen LogP contribution >= 0.6 is 0 Å². The third kappa shape index (κ3) is 6.24. The van der Waals surface area contributed by atoms with Crippen LogP contribution in [-0.4, -0.2) is 46.1 Å². The average molecular weight is 537 g/mol. The molecule has 206 valence electrons. The van der Waals surface area contributed by atoms with Crippen molar-refractivity contribution in [3.8, 4) is 11.5 Å². The van der Waals surface area contributed by atoms with E-state index in [4.69, 9.17) is 19.2 Å². The zero-order valence-corrected chi connectivity index (χ0v) is 22.3. The summed E-state index contributed by atoms with van der Waals surface area (Å²) in [5.74, 6) is -0.106. The molecule has 11 nitrogen and oxygen atoms in total. The Morgan fingerprint density at radius 1 is 1.21 bits per heavy atom. The first-order valence-corrected chi connectivity index (χ1v) is 13.2. The molecule has 2 aromatic carbocycles. The monoisotopic (exact) mass is 536 g/mol. The first-order valence-electron chi connectivity index (χ1n) is 13.2. The Kier molecular flexibility index (Phi) is 8.90. The van der Waals surface area contributed by atoms with E-state index in [0.717, 1.165) is 32.1 Å². The number of ether oxygens (including phenoxy) is 3. The van der Waals surface area contributed by atoms with Crippen LogP contribution in [0.15, 0.2) is 46.3 Å². The molecule has 1 aromatic heterocycles. The molecule has 0 amide bonds. The van der Waals surface area contributed by atoms with Gasteiger partial charge in [0.2, 0.25) is 5.75 Å². The normalized spacial score (nSPS) is 14.8. The molecule has 0 N–H and O–H groups in total. The third-order valence-electron chi connectivity index (χ3n) is 6.54. The Morgan fingerprint density at radius 3 is 2.64 bits per heavy atom. The molecule has 0 bridgehead atoms. The smallest absolute Gasteiger partial charge is 0.347 e. The van der Waals surface area contributed by atoms with Crippen LogP contribution in [0.25, 0.3) is 10.9 Å². The molecule has 1 saturated carbocycles. The number of aromatic nitrogens is 2. The van der Waals surface area contributed by atoms with Crippen LogP contribution in [0, 0.1) is 10.1 Å². The maximum Gasteiger partial charge on any atom is 0.347 e. The fraction of sp³-hybridized carbons (Fsp3) is 0.429. The summed E-state index contributed by atoms with van der Waals surface area (Å²) < 4.78 is 17.5. The highest BCUT2D eigenvalue weighted by molar-refractivity contribution is 5.84. The second kappa shape index (κ2) is 12.5. The largest absolute Gasteiger partial charge is 0.490 e. The number of benzene rings is 2. The van der Waals surface area contributed by atoms with Gasteiger partial charge in [-0.05, 0) is 51.8 Å². The first kappa shape index (κ1) is 27.7. The molecule has 1 atom stereocenters. The SMILES string of the molecule is CCOC(=O)[C@H](C)Oc1c(OCC)cc(C=Nn2c(C3CCCCC3)nc3ccccc3c2=O)cc1[N+](=O)[O-]. The fourth-order valence-corrected chi connectivity index (χ4v) is 4.69. The quantitative estimate of drug-likeness (QED) is 0.153.